The van der Waals surface area contributed by atoms with E-state index >= 15 is 0 Å². The summed E-state index contributed by atoms with van der Waals surface area (Å²) in [6.07, 6.45) is 3.68. The van der Waals surface area contributed by atoms with Gasteiger partial charge >= 0.3 is 0 Å². The fourth-order valence-corrected chi connectivity index (χ4v) is 1.98. The highest BCUT2D eigenvalue weighted by molar-refractivity contribution is 9.10. The molecule has 0 fully saturated rings. The summed E-state index contributed by atoms with van der Waals surface area (Å²) >= 11 is 3.33. The molecule has 20 heavy (non-hydrogen) atoms. The molecule has 1 N–H and O–H groups in total. The minimum atomic E-state index is -0.733. The summed E-state index contributed by atoms with van der Waals surface area (Å²) in [6, 6.07) is 12.9. The van der Waals surface area contributed by atoms with Gasteiger partial charge in [0.2, 0.25) is 5.91 Å². The van der Waals surface area contributed by atoms with E-state index in [4.69, 9.17) is 5.26 Å². The molecule has 1 heterocycles. The molecule has 0 bridgehead atoms. The van der Waals surface area contributed by atoms with E-state index in [0.29, 0.717) is 12.1 Å². The van der Waals surface area contributed by atoms with E-state index in [2.05, 4.69) is 26.2 Å². The molecule has 1 aromatic carbocycles. The van der Waals surface area contributed by atoms with Gasteiger partial charge < -0.3 is 5.32 Å². The largest absolute Gasteiger partial charge is 0.325 e. The zero-order valence-electron chi connectivity index (χ0n) is 10.6. The molecular formula is C15H12BrN3O. The number of hydrogen-bond donors (Lipinski definition) is 1. The number of halogens is 1. The molecule has 0 radical (unpaired) electrons. The quantitative estimate of drug-likeness (QED) is 0.936. The normalized spacial score (nSPS) is 11.4. The number of nitrogens with one attached hydrogen (secondary N) is 1. The molecule has 0 aliphatic heterocycles. The number of hydrogen-bond acceptors (Lipinski definition) is 3. The lowest BCUT2D eigenvalue weighted by molar-refractivity contribution is -0.118. The molecule has 100 valence electrons. The second-order valence-electron chi connectivity index (χ2n) is 4.24. The molecule has 0 spiro atoms. The van der Waals surface area contributed by atoms with Crippen LogP contribution in [0.3, 0.4) is 0 Å². The first kappa shape index (κ1) is 14.2. The van der Waals surface area contributed by atoms with Crippen molar-refractivity contribution in [3.63, 3.8) is 0 Å². The van der Waals surface area contributed by atoms with Gasteiger partial charge in [0, 0.05) is 22.6 Å². The SMILES string of the molecule is N#CC(Cc1cccnc1)C(=O)Nc1ccc(Br)cc1. The Kier molecular flexibility index (Phi) is 4.85. The van der Waals surface area contributed by atoms with Gasteiger partial charge in [-0.25, -0.2) is 0 Å². The van der Waals surface area contributed by atoms with E-state index in [1.807, 2.05) is 24.3 Å². The highest BCUT2D eigenvalue weighted by Crippen LogP contribution is 2.16. The van der Waals surface area contributed by atoms with Crippen molar-refractivity contribution in [3.8, 4) is 6.07 Å². The third-order valence-electron chi connectivity index (χ3n) is 2.75. The van der Waals surface area contributed by atoms with Gasteiger partial charge in [0.1, 0.15) is 5.92 Å². The van der Waals surface area contributed by atoms with Crippen LogP contribution in [0.4, 0.5) is 5.69 Å². The van der Waals surface area contributed by atoms with Gasteiger partial charge in [0.25, 0.3) is 0 Å². The maximum absolute atomic E-state index is 12.1. The number of carbonyl (C=O) groups excluding carboxylic acids is 1. The number of rotatable bonds is 4. The van der Waals surface area contributed by atoms with Crippen LogP contribution in [0, 0.1) is 17.2 Å². The van der Waals surface area contributed by atoms with E-state index < -0.39 is 5.92 Å². The van der Waals surface area contributed by atoms with Crippen molar-refractivity contribution in [1.82, 2.24) is 4.98 Å². The van der Waals surface area contributed by atoms with Crippen molar-refractivity contribution in [2.45, 2.75) is 6.42 Å². The second-order valence-corrected chi connectivity index (χ2v) is 5.16. The van der Waals surface area contributed by atoms with Crippen molar-refractivity contribution >= 4 is 27.5 Å². The maximum Gasteiger partial charge on any atom is 0.242 e. The summed E-state index contributed by atoms with van der Waals surface area (Å²) in [5.74, 6) is -1.04. The Labute approximate surface area is 125 Å². The number of benzene rings is 1. The molecule has 1 aromatic heterocycles. The molecule has 0 saturated carbocycles. The zero-order chi connectivity index (χ0) is 14.4. The standard InChI is InChI=1S/C15H12BrN3O/c16-13-3-5-14(6-4-13)19-15(20)12(9-17)8-11-2-1-7-18-10-11/h1-7,10,12H,8H2,(H,19,20). The van der Waals surface area contributed by atoms with Crippen LogP contribution >= 0.6 is 15.9 Å². The van der Waals surface area contributed by atoms with Crippen LogP contribution in [-0.2, 0) is 11.2 Å². The molecule has 1 amide bonds. The Morgan fingerprint density at radius 2 is 2.10 bits per heavy atom. The first-order valence-corrected chi connectivity index (χ1v) is 6.83. The summed E-state index contributed by atoms with van der Waals surface area (Å²) in [6.45, 7) is 0. The van der Waals surface area contributed by atoms with Crippen LogP contribution in [0.25, 0.3) is 0 Å². The highest BCUT2D eigenvalue weighted by Gasteiger charge is 2.18. The Balaban J connectivity index is 2.03. The molecule has 2 aromatic rings. The molecule has 0 aliphatic carbocycles. The van der Waals surface area contributed by atoms with Crippen molar-refractivity contribution in [3.05, 3.63) is 58.8 Å². The third-order valence-corrected chi connectivity index (χ3v) is 3.28. The van der Waals surface area contributed by atoms with Gasteiger partial charge in [0.05, 0.1) is 6.07 Å². The van der Waals surface area contributed by atoms with Crippen LogP contribution in [0.5, 0.6) is 0 Å². The van der Waals surface area contributed by atoms with E-state index in [9.17, 15) is 4.79 Å². The summed E-state index contributed by atoms with van der Waals surface area (Å²) < 4.78 is 0.933. The molecule has 1 atom stereocenters. The van der Waals surface area contributed by atoms with Gasteiger partial charge in [-0.1, -0.05) is 22.0 Å². The van der Waals surface area contributed by atoms with Crippen LogP contribution in [0.2, 0.25) is 0 Å². The van der Waals surface area contributed by atoms with Gasteiger partial charge in [-0.3, -0.25) is 9.78 Å². The van der Waals surface area contributed by atoms with Crippen LogP contribution in [0.1, 0.15) is 5.56 Å². The monoisotopic (exact) mass is 329 g/mol. The van der Waals surface area contributed by atoms with E-state index in [-0.39, 0.29) is 5.91 Å². The minimum Gasteiger partial charge on any atom is -0.325 e. The second kappa shape index (κ2) is 6.83. The van der Waals surface area contributed by atoms with Crippen LogP contribution < -0.4 is 5.32 Å². The van der Waals surface area contributed by atoms with Gasteiger partial charge in [-0.2, -0.15) is 5.26 Å². The Bertz CT molecular complexity index is 620. The topological polar surface area (TPSA) is 65.8 Å². The number of nitriles is 1. The first-order chi connectivity index (χ1) is 9.69. The molecule has 5 heteroatoms. The molecule has 0 saturated heterocycles. The molecular weight excluding hydrogens is 318 g/mol. The summed E-state index contributed by atoms with van der Waals surface area (Å²) in [5.41, 5.74) is 1.54. The zero-order valence-corrected chi connectivity index (χ0v) is 12.2. The molecule has 0 aliphatic rings. The predicted molar refractivity (Wildman–Crippen MR) is 79.8 cm³/mol. The number of anilines is 1. The lowest BCUT2D eigenvalue weighted by Crippen LogP contribution is -2.23. The lowest BCUT2D eigenvalue weighted by Gasteiger charge is -2.10. The van der Waals surface area contributed by atoms with Crippen molar-refractivity contribution in [1.29, 1.82) is 5.26 Å². The Hall–Kier alpha value is -2.19. The third kappa shape index (κ3) is 3.90. The summed E-state index contributed by atoms with van der Waals surface area (Å²) in [7, 11) is 0. The van der Waals surface area contributed by atoms with E-state index in [0.717, 1.165) is 10.0 Å². The smallest absolute Gasteiger partial charge is 0.242 e. The first-order valence-electron chi connectivity index (χ1n) is 6.04. The average molecular weight is 330 g/mol. The Morgan fingerprint density at radius 3 is 2.70 bits per heavy atom. The van der Waals surface area contributed by atoms with Crippen molar-refractivity contribution < 1.29 is 4.79 Å². The number of amides is 1. The fourth-order valence-electron chi connectivity index (χ4n) is 1.71. The molecule has 2 rings (SSSR count). The average Bonchev–Trinajstić information content (AvgIpc) is 2.48. The van der Waals surface area contributed by atoms with Crippen LogP contribution in [-0.4, -0.2) is 10.9 Å². The number of nitrogens with zero attached hydrogens (tertiary/aromatic N) is 2. The highest BCUT2D eigenvalue weighted by atomic mass is 79.9. The van der Waals surface area contributed by atoms with Gasteiger partial charge in [0.15, 0.2) is 0 Å². The summed E-state index contributed by atoms with van der Waals surface area (Å²) in [4.78, 5) is 16.0. The van der Waals surface area contributed by atoms with Crippen LogP contribution in [0.15, 0.2) is 53.3 Å². The molecule has 1 unspecified atom stereocenters. The predicted octanol–water partition coefficient (Wildman–Crippen LogP) is 3.17. The lowest BCUT2D eigenvalue weighted by atomic mass is 10.0. The molecule has 4 nitrogen and oxygen atoms in total. The van der Waals surface area contributed by atoms with Crippen molar-refractivity contribution in [2.24, 2.45) is 5.92 Å². The number of aromatic nitrogens is 1. The van der Waals surface area contributed by atoms with Crippen molar-refractivity contribution in [2.75, 3.05) is 5.32 Å². The van der Waals surface area contributed by atoms with E-state index in [1.54, 1.807) is 30.6 Å². The fraction of sp³-hybridized carbons (Fsp3) is 0.133. The van der Waals surface area contributed by atoms with Gasteiger partial charge in [-0.05, 0) is 42.3 Å². The maximum atomic E-state index is 12.1. The Morgan fingerprint density at radius 1 is 1.35 bits per heavy atom. The minimum absolute atomic E-state index is 0.307. The number of carbonyl (C=O) groups is 1. The van der Waals surface area contributed by atoms with E-state index in [1.165, 1.54) is 0 Å². The number of pyridine rings is 1. The summed E-state index contributed by atoms with van der Waals surface area (Å²) in [5, 5.41) is 11.9. The van der Waals surface area contributed by atoms with Gasteiger partial charge in [-0.15, -0.1) is 0 Å².